The van der Waals surface area contributed by atoms with E-state index in [2.05, 4.69) is 10.6 Å². The van der Waals surface area contributed by atoms with E-state index in [1.165, 1.54) is 6.92 Å². The Morgan fingerprint density at radius 2 is 1.83 bits per heavy atom. The second-order valence-electron chi connectivity index (χ2n) is 3.88. The van der Waals surface area contributed by atoms with Gasteiger partial charge in [-0.05, 0) is 24.6 Å². The molecule has 2 amide bonds. The van der Waals surface area contributed by atoms with E-state index in [0.29, 0.717) is 12.2 Å². The van der Waals surface area contributed by atoms with Gasteiger partial charge in [-0.1, -0.05) is 12.1 Å². The molecule has 18 heavy (non-hydrogen) atoms. The Morgan fingerprint density at radius 1 is 1.28 bits per heavy atom. The third-order valence-corrected chi connectivity index (χ3v) is 2.18. The summed E-state index contributed by atoms with van der Waals surface area (Å²) in [6.07, 6.45) is 0. The zero-order valence-corrected chi connectivity index (χ0v) is 11.2. The van der Waals surface area contributed by atoms with Crippen LogP contribution in [0.1, 0.15) is 19.4 Å². The minimum absolute atomic E-state index is 0. The predicted molar refractivity (Wildman–Crippen MR) is 73.5 cm³/mol. The number of nitrogens with two attached hydrogens (primary N) is 1. The lowest BCUT2D eigenvalue weighted by atomic mass is 10.2. The van der Waals surface area contributed by atoms with Gasteiger partial charge >= 0.3 is 0 Å². The van der Waals surface area contributed by atoms with Gasteiger partial charge in [-0.3, -0.25) is 9.59 Å². The molecule has 1 atom stereocenters. The first kappa shape index (κ1) is 16.4. The molecule has 5 nitrogen and oxygen atoms in total. The number of carbonyl (C=O) groups is 2. The van der Waals surface area contributed by atoms with E-state index in [1.54, 1.807) is 19.1 Å². The van der Waals surface area contributed by atoms with Crippen molar-refractivity contribution in [3.8, 4) is 0 Å². The van der Waals surface area contributed by atoms with E-state index in [-0.39, 0.29) is 24.2 Å². The maximum Gasteiger partial charge on any atom is 0.240 e. The summed E-state index contributed by atoms with van der Waals surface area (Å²) in [4.78, 5) is 22.0. The van der Waals surface area contributed by atoms with E-state index in [9.17, 15) is 9.59 Å². The van der Waals surface area contributed by atoms with Crippen LogP contribution in [0.15, 0.2) is 24.3 Å². The maximum atomic E-state index is 11.3. The van der Waals surface area contributed by atoms with Crippen LogP contribution in [-0.4, -0.2) is 17.9 Å². The first-order chi connectivity index (χ1) is 7.99. The van der Waals surface area contributed by atoms with Gasteiger partial charge in [0.15, 0.2) is 0 Å². The van der Waals surface area contributed by atoms with E-state index in [4.69, 9.17) is 5.73 Å². The zero-order chi connectivity index (χ0) is 12.8. The zero-order valence-electron chi connectivity index (χ0n) is 10.4. The molecule has 1 aromatic rings. The second kappa shape index (κ2) is 7.68. The normalized spacial score (nSPS) is 11.1. The van der Waals surface area contributed by atoms with Crippen molar-refractivity contribution in [3.63, 3.8) is 0 Å². The number of hydrogen-bond donors (Lipinski definition) is 3. The number of rotatable bonds is 4. The summed E-state index contributed by atoms with van der Waals surface area (Å²) in [5.74, 6) is -0.293. The number of anilines is 1. The molecule has 0 saturated carbocycles. The summed E-state index contributed by atoms with van der Waals surface area (Å²) >= 11 is 0. The first-order valence-electron chi connectivity index (χ1n) is 5.39. The average Bonchev–Trinajstić information content (AvgIpc) is 2.28. The lowest BCUT2D eigenvalue weighted by Crippen LogP contribution is -2.32. The van der Waals surface area contributed by atoms with Gasteiger partial charge in [0.1, 0.15) is 0 Å². The summed E-state index contributed by atoms with van der Waals surface area (Å²) in [6.45, 7) is 3.58. The van der Waals surface area contributed by atoms with E-state index in [0.717, 1.165) is 5.56 Å². The molecule has 0 aliphatic carbocycles. The second-order valence-corrected chi connectivity index (χ2v) is 3.88. The highest BCUT2D eigenvalue weighted by molar-refractivity contribution is 5.94. The van der Waals surface area contributed by atoms with Crippen LogP contribution in [0.25, 0.3) is 0 Å². The molecule has 4 N–H and O–H groups in total. The van der Waals surface area contributed by atoms with Crippen LogP contribution in [0.2, 0.25) is 0 Å². The number of amides is 2. The van der Waals surface area contributed by atoms with Crippen LogP contribution in [-0.2, 0) is 16.1 Å². The maximum absolute atomic E-state index is 11.3. The van der Waals surface area contributed by atoms with Crippen molar-refractivity contribution in [3.05, 3.63) is 29.8 Å². The molecule has 0 fully saturated rings. The van der Waals surface area contributed by atoms with Crippen molar-refractivity contribution in [2.75, 3.05) is 5.32 Å². The van der Waals surface area contributed by atoms with Gasteiger partial charge in [-0.15, -0.1) is 12.4 Å². The molecule has 1 rings (SSSR count). The highest BCUT2D eigenvalue weighted by Crippen LogP contribution is 2.09. The number of halogens is 1. The molecule has 0 aromatic heterocycles. The Labute approximate surface area is 113 Å². The van der Waals surface area contributed by atoms with Gasteiger partial charge in [-0.2, -0.15) is 0 Å². The molecular formula is C12H18ClN3O2. The van der Waals surface area contributed by atoms with Crippen LogP contribution in [0.4, 0.5) is 5.69 Å². The van der Waals surface area contributed by atoms with Crippen LogP contribution >= 0.6 is 12.4 Å². The Balaban J connectivity index is 0.00000289. The van der Waals surface area contributed by atoms with Crippen molar-refractivity contribution in [1.82, 2.24) is 5.32 Å². The van der Waals surface area contributed by atoms with Crippen molar-refractivity contribution in [2.45, 2.75) is 26.4 Å². The first-order valence-corrected chi connectivity index (χ1v) is 5.39. The highest BCUT2D eigenvalue weighted by atomic mass is 35.5. The Bertz CT molecular complexity index is 404. The molecule has 1 aromatic carbocycles. The smallest absolute Gasteiger partial charge is 0.240 e. The number of carbonyl (C=O) groups excluding carboxylic acids is 2. The van der Waals surface area contributed by atoms with Crippen LogP contribution in [0.3, 0.4) is 0 Å². The van der Waals surface area contributed by atoms with Crippen LogP contribution < -0.4 is 16.4 Å². The lowest BCUT2D eigenvalue weighted by Gasteiger charge is -2.08. The fraction of sp³-hybridized carbons (Fsp3) is 0.333. The molecule has 6 heteroatoms. The SMILES string of the molecule is CC(=O)NCc1ccc(NC(=O)[C@@H](C)N)cc1.Cl. The third kappa shape index (κ3) is 5.65. The quantitative estimate of drug-likeness (QED) is 0.765. The summed E-state index contributed by atoms with van der Waals surface area (Å²) in [5.41, 5.74) is 7.10. The number of hydrogen-bond acceptors (Lipinski definition) is 3. The fourth-order valence-corrected chi connectivity index (χ4v) is 1.19. The van der Waals surface area contributed by atoms with E-state index in [1.807, 2.05) is 12.1 Å². The molecule has 0 bridgehead atoms. The van der Waals surface area contributed by atoms with Gasteiger partial charge in [0.25, 0.3) is 0 Å². The molecule has 0 aliphatic rings. The Hall–Kier alpha value is -1.59. The van der Waals surface area contributed by atoms with Crippen molar-refractivity contribution >= 4 is 29.9 Å². The standard InChI is InChI=1S/C12H17N3O2.ClH/c1-8(13)12(17)15-11-5-3-10(4-6-11)7-14-9(2)16;/h3-6,8H,7,13H2,1-2H3,(H,14,16)(H,15,17);1H/t8-;/m1./s1. The molecule has 0 heterocycles. The van der Waals surface area contributed by atoms with Gasteiger partial charge < -0.3 is 16.4 Å². The largest absolute Gasteiger partial charge is 0.352 e. The molecule has 0 saturated heterocycles. The topological polar surface area (TPSA) is 84.2 Å². The summed E-state index contributed by atoms with van der Waals surface area (Å²) in [7, 11) is 0. The van der Waals surface area contributed by atoms with Gasteiger partial charge in [0.05, 0.1) is 6.04 Å². The van der Waals surface area contributed by atoms with E-state index < -0.39 is 6.04 Å². The monoisotopic (exact) mass is 271 g/mol. The summed E-state index contributed by atoms with van der Waals surface area (Å²) in [6, 6.07) is 6.70. The van der Waals surface area contributed by atoms with Crippen LogP contribution in [0.5, 0.6) is 0 Å². The Kier molecular flexibility index (Phi) is 7.00. The van der Waals surface area contributed by atoms with Gasteiger partial charge in [0, 0.05) is 19.2 Å². The minimum Gasteiger partial charge on any atom is -0.352 e. The van der Waals surface area contributed by atoms with Gasteiger partial charge in [-0.25, -0.2) is 0 Å². The third-order valence-electron chi connectivity index (χ3n) is 2.18. The summed E-state index contributed by atoms with van der Waals surface area (Å²) < 4.78 is 0. The molecule has 0 aliphatic heterocycles. The molecule has 0 radical (unpaired) electrons. The van der Waals surface area contributed by atoms with Crippen molar-refractivity contribution in [2.24, 2.45) is 5.73 Å². The van der Waals surface area contributed by atoms with Crippen molar-refractivity contribution in [1.29, 1.82) is 0 Å². The highest BCUT2D eigenvalue weighted by Gasteiger charge is 2.06. The average molecular weight is 272 g/mol. The molecule has 0 unspecified atom stereocenters. The fourth-order valence-electron chi connectivity index (χ4n) is 1.19. The predicted octanol–water partition coefficient (Wildman–Crippen LogP) is 1.03. The molecule has 100 valence electrons. The Morgan fingerprint density at radius 3 is 2.28 bits per heavy atom. The molecular weight excluding hydrogens is 254 g/mol. The van der Waals surface area contributed by atoms with Gasteiger partial charge in [0.2, 0.25) is 11.8 Å². The number of benzene rings is 1. The lowest BCUT2D eigenvalue weighted by molar-refractivity contribution is -0.119. The van der Waals surface area contributed by atoms with E-state index >= 15 is 0 Å². The summed E-state index contributed by atoms with van der Waals surface area (Å²) in [5, 5.41) is 5.38. The number of nitrogens with one attached hydrogen (secondary N) is 2. The molecule has 0 spiro atoms. The minimum atomic E-state index is -0.533. The van der Waals surface area contributed by atoms with Crippen molar-refractivity contribution < 1.29 is 9.59 Å². The van der Waals surface area contributed by atoms with Crippen LogP contribution in [0, 0.1) is 0 Å².